The van der Waals surface area contributed by atoms with Gasteiger partial charge in [0.05, 0.1) is 17.9 Å². The van der Waals surface area contributed by atoms with Crippen molar-refractivity contribution in [1.82, 2.24) is 19.7 Å². The van der Waals surface area contributed by atoms with Gasteiger partial charge in [-0.25, -0.2) is 0 Å². The van der Waals surface area contributed by atoms with Gasteiger partial charge in [0.2, 0.25) is 0 Å². The van der Waals surface area contributed by atoms with Crippen molar-refractivity contribution in [2.45, 2.75) is 38.1 Å². The fraction of sp³-hybridized carbons (Fsp3) is 0.471. The normalized spacial score (nSPS) is 12.6. The monoisotopic (exact) mass is 382 g/mol. The van der Waals surface area contributed by atoms with E-state index in [9.17, 15) is 4.79 Å². The van der Waals surface area contributed by atoms with Gasteiger partial charge < -0.3 is 4.74 Å². The van der Waals surface area contributed by atoms with Crippen LogP contribution in [0.1, 0.15) is 32.6 Å². The van der Waals surface area contributed by atoms with E-state index < -0.39 is 0 Å². The molecule has 0 amide bonds. The minimum Gasteiger partial charge on any atom is -0.462 e. The first-order valence-corrected chi connectivity index (χ1v) is 9.36. The summed E-state index contributed by atoms with van der Waals surface area (Å²) in [5, 5.41) is 9.92. The summed E-state index contributed by atoms with van der Waals surface area (Å²) in [4.78, 5) is 13.9. The second-order valence-electron chi connectivity index (χ2n) is 6.12. The lowest BCUT2D eigenvalue weighted by atomic mass is 10.2. The molecule has 25 heavy (non-hydrogen) atoms. The number of halogens is 1. The summed E-state index contributed by atoms with van der Waals surface area (Å²) in [5.74, 6) is 0.708. The van der Waals surface area contributed by atoms with Gasteiger partial charge in [-0.1, -0.05) is 23.4 Å². The maximum absolute atomic E-state index is 11.8. The van der Waals surface area contributed by atoms with Crippen molar-refractivity contribution in [2.75, 3.05) is 19.8 Å². The molecular formula is C17H23ClN4O2S. The standard InChI is InChI=1S/C17H23ClN4O2S/c1-11(2)24-15(23)10-25-17-20-19-16(12(3)21(4)5)22(17)14-8-6-13(18)7-9-14/h6-9,11-12H,10H2,1-5H3/t12-/m0/s1. The van der Waals surface area contributed by atoms with Gasteiger partial charge in [-0.15, -0.1) is 10.2 Å². The van der Waals surface area contributed by atoms with Gasteiger partial charge in [0, 0.05) is 10.7 Å². The van der Waals surface area contributed by atoms with E-state index in [0.29, 0.717) is 10.2 Å². The Morgan fingerprint density at radius 3 is 2.44 bits per heavy atom. The molecule has 2 aromatic rings. The van der Waals surface area contributed by atoms with Crippen LogP contribution in [0.2, 0.25) is 5.02 Å². The number of esters is 1. The highest BCUT2D eigenvalue weighted by molar-refractivity contribution is 7.99. The Morgan fingerprint density at radius 2 is 1.88 bits per heavy atom. The first-order valence-electron chi connectivity index (χ1n) is 7.99. The number of aromatic nitrogens is 3. The lowest BCUT2D eigenvalue weighted by Crippen LogP contribution is -2.20. The molecule has 0 unspecified atom stereocenters. The number of thioether (sulfide) groups is 1. The Labute approximate surface area is 157 Å². The highest BCUT2D eigenvalue weighted by Gasteiger charge is 2.21. The molecule has 1 aromatic heterocycles. The molecule has 2 rings (SSSR count). The van der Waals surface area contributed by atoms with Crippen LogP contribution >= 0.6 is 23.4 Å². The number of rotatable bonds is 7. The zero-order valence-corrected chi connectivity index (χ0v) is 16.6. The SMILES string of the molecule is CC(C)OC(=O)CSc1nnc([C@H](C)N(C)C)n1-c1ccc(Cl)cc1. The molecule has 0 bridgehead atoms. The maximum atomic E-state index is 11.8. The summed E-state index contributed by atoms with van der Waals surface area (Å²) in [6.07, 6.45) is -0.133. The number of carbonyl (C=O) groups excluding carboxylic acids is 1. The van der Waals surface area contributed by atoms with Gasteiger partial charge in [-0.05, 0) is 59.1 Å². The van der Waals surface area contributed by atoms with Crippen LogP contribution in [-0.2, 0) is 9.53 Å². The van der Waals surface area contributed by atoms with E-state index in [0.717, 1.165) is 11.5 Å². The number of benzene rings is 1. The molecule has 1 aromatic carbocycles. The summed E-state index contributed by atoms with van der Waals surface area (Å²) in [6, 6.07) is 7.52. The largest absolute Gasteiger partial charge is 0.462 e. The minimum atomic E-state index is -0.270. The van der Waals surface area contributed by atoms with Gasteiger partial charge in [-0.3, -0.25) is 14.3 Å². The quantitative estimate of drug-likeness (QED) is 0.538. The summed E-state index contributed by atoms with van der Waals surface area (Å²) >= 11 is 7.31. The highest BCUT2D eigenvalue weighted by Crippen LogP contribution is 2.27. The number of carbonyl (C=O) groups is 1. The lowest BCUT2D eigenvalue weighted by Gasteiger charge is -2.20. The van der Waals surface area contributed by atoms with Gasteiger partial charge >= 0.3 is 5.97 Å². The zero-order chi connectivity index (χ0) is 18.6. The Morgan fingerprint density at radius 1 is 1.24 bits per heavy atom. The van der Waals surface area contributed by atoms with E-state index >= 15 is 0 Å². The zero-order valence-electron chi connectivity index (χ0n) is 15.1. The molecule has 0 aliphatic rings. The number of ether oxygens (including phenoxy) is 1. The molecular weight excluding hydrogens is 360 g/mol. The summed E-state index contributed by atoms with van der Waals surface area (Å²) in [7, 11) is 3.97. The van der Waals surface area contributed by atoms with E-state index in [1.54, 1.807) is 0 Å². The van der Waals surface area contributed by atoms with E-state index in [-0.39, 0.29) is 23.9 Å². The molecule has 0 fully saturated rings. The van der Waals surface area contributed by atoms with E-state index in [4.69, 9.17) is 16.3 Å². The molecule has 0 radical (unpaired) electrons. The number of nitrogens with zero attached hydrogens (tertiary/aromatic N) is 4. The lowest BCUT2D eigenvalue weighted by molar-refractivity contribution is -0.144. The molecule has 1 atom stereocenters. The summed E-state index contributed by atoms with van der Waals surface area (Å²) in [5.41, 5.74) is 0.901. The molecule has 8 heteroatoms. The van der Waals surface area contributed by atoms with E-state index in [1.807, 2.05) is 56.8 Å². The first-order chi connectivity index (χ1) is 11.8. The minimum absolute atomic E-state index is 0.0557. The van der Waals surface area contributed by atoms with Crippen molar-refractivity contribution in [3.8, 4) is 5.69 Å². The van der Waals surface area contributed by atoms with Crippen molar-refractivity contribution in [3.63, 3.8) is 0 Å². The van der Waals surface area contributed by atoms with Crippen LogP contribution in [0.25, 0.3) is 5.69 Å². The van der Waals surface area contributed by atoms with Crippen LogP contribution < -0.4 is 0 Å². The van der Waals surface area contributed by atoms with Gasteiger partial charge in [-0.2, -0.15) is 0 Å². The molecule has 6 nitrogen and oxygen atoms in total. The molecule has 0 N–H and O–H groups in total. The van der Waals surface area contributed by atoms with Crippen LogP contribution in [0.4, 0.5) is 0 Å². The molecule has 0 aliphatic heterocycles. The van der Waals surface area contributed by atoms with Crippen LogP contribution in [-0.4, -0.2) is 51.6 Å². The Hall–Kier alpha value is -1.57. The predicted octanol–water partition coefficient (Wildman–Crippen LogP) is 3.59. The first kappa shape index (κ1) is 19.8. The van der Waals surface area contributed by atoms with Crippen molar-refractivity contribution in [3.05, 3.63) is 35.1 Å². The third-order valence-electron chi connectivity index (χ3n) is 3.58. The fourth-order valence-electron chi connectivity index (χ4n) is 2.13. The van der Waals surface area contributed by atoms with Gasteiger partial charge in [0.25, 0.3) is 0 Å². The molecule has 0 saturated carbocycles. The third kappa shape index (κ3) is 5.20. The maximum Gasteiger partial charge on any atom is 0.316 e. The summed E-state index contributed by atoms with van der Waals surface area (Å²) in [6.45, 7) is 5.71. The van der Waals surface area contributed by atoms with Crippen LogP contribution in [0, 0.1) is 0 Å². The smallest absolute Gasteiger partial charge is 0.316 e. The van der Waals surface area contributed by atoms with Crippen LogP contribution in [0.3, 0.4) is 0 Å². The molecule has 0 aliphatic carbocycles. The van der Waals surface area contributed by atoms with Gasteiger partial charge in [0.15, 0.2) is 11.0 Å². The van der Waals surface area contributed by atoms with E-state index in [1.165, 1.54) is 11.8 Å². The molecule has 1 heterocycles. The Kier molecular flexibility index (Phi) is 6.87. The van der Waals surface area contributed by atoms with Crippen LogP contribution in [0.5, 0.6) is 0 Å². The fourth-order valence-corrected chi connectivity index (χ4v) is 3.00. The Balaban J connectivity index is 2.33. The second kappa shape index (κ2) is 8.69. The van der Waals surface area contributed by atoms with Crippen molar-refractivity contribution in [1.29, 1.82) is 0 Å². The van der Waals surface area contributed by atoms with Gasteiger partial charge in [0.1, 0.15) is 0 Å². The Bertz CT molecular complexity index is 716. The number of hydrogen-bond acceptors (Lipinski definition) is 6. The summed E-state index contributed by atoms with van der Waals surface area (Å²) < 4.78 is 7.14. The molecule has 0 spiro atoms. The topological polar surface area (TPSA) is 60.2 Å². The average molecular weight is 383 g/mol. The average Bonchev–Trinajstić information content (AvgIpc) is 2.96. The van der Waals surface area contributed by atoms with Crippen molar-refractivity contribution < 1.29 is 9.53 Å². The molecule has 0 saturated heterocycles. The van der Waals surface area contributed by atoms with E-state index in [2.05, 4.69) is 22.0 Å². The number of hydrogen-bond donors (Lipinski definition) is 0. The van der Waals surface area contributed by atoms with Crippen molar-refractivity contribution in [2.24, 2.45) is 0 Å². The second-order valence-corrected chi connectivity index (χ2v) is 7.50. The van der Waals surface area contributed by atoms with Crippen molar-refractivity contribution >= 4 is 29.3 Å². The van der Waals surface area contributed by atoms with Crippen LogP contribution in [0.15, 0.2) is 29.4 Å². The predicted molar refractivity (Wildman–Crippen MR) is 100 cm³/mol. The third-order valence-corrected chi connectivity index (χ3v) is 4.73. The molecule has 136 valence electrons. The highest BCUT2D eigenvalue weighted by atomic mass is 35.5.